The summed E-state index contributed by atoms with van der Waals surface area (Å²) >= 11 is 0. The fraction of sp³-hybridized carbons (Fsp3) is 0.0909. The van der Waals surface area contributed by atoms with E-state index in [-0.39, 0.29) is 0 Å². The van der Waals surface area contributed by atoms with Crippen molar-refractivity contribution < 1.29 is 9.53 Å². The molecule has 0 amide bonds. The van der Waals surface area contributed by atoms with E-state index in [4.69, 9.17) is 4.74 Å². The van der Waals surface area contributed by atoms with Gasteiger partial charge < -0.3 is 4.74 Å². The number of rotatable bonds is 2. The van der Waals surface area contributed by atoms with Crippen molar-refractivity contribution in [1.82, 2.24) is 4.98 Å². The normalized spacial score (nSPS) is 10.1. The Morgan fingerprint density at radius 2 is 2.21 bits per heavy atom. The highest BCUT2D eigenvalue weighted by atomic mass is 16.5. The maximum Gasteiger partial charge on any atom is 0.151 e. The zero-order chi connectivity index (χ0) is 9.97. The van der Waals surface area contributed by atoms with Crippen LogP contribution >= 0.6 is 0 Å². The maximum atomic E-state index is 10.5. The average molecular weight is 187 g/mol. The van der Waals surface area contributed by atoms with Crippen molar-refractivity contribution in [1.29, 1.82) is 0 Å². The van der Waals surface area contributed by atoms with Gasteiger partial charge in [-0.05, 0) is 24.3 Å². The van der Waals surface area contributed by atoms with Crippen LogP contribution in [0, 0.1) is 0 Å². The first kappa shape index (κ1) is 8.69. The molecule has 14 heavy (non-hydrogen) atoms. The highest BCUT2D eigenvalue weighted by Gasteiger charge is 1.98. The number of methoxy groups -OCH3 is 1. The minimum Gasteiger partial charge on any atom is -0.497 e. The second-order valence-electron chi connectivity index (χ2n) is 2.95. The molecule has 0 fully saturated rings. The molecule has 0 aliphatic rings. The van der Waals surface area contributed by atoms with E-state index in [2.05, 4.69) is 4.98 Å². The Bertz CT molecular complexity index is 480. The first-order valence-corrected chi connectivity index (χ1v) is 4.22. The molecule has 3 nitrogen and oxygen atoms in total. The third-order valence-electron chi connectivity index (χ3n) is 2.05. The van der Waals surface area contributed by atoms with Gasteiger partial charge in [0.25, 0.3) is 0 Å². The predicted molar refractivity (Wildman–Crippen MR) is 53.7 cm³/mol. The highest BCUT2D eigenvalue weighted by Crippen LogP contribution is 2.19. The summed E-state index contributed by atoms with van der Waals surface area (Å²) in [5.41, 5.74) is 1.43. The van der Waals surface area contributed by atoms with Crippen LogP contribution in [0.2, 0.25) is 0 Å². The fourth-order valence-electron chi connectivity index (χ4n) is 1.32. The molecule has 3 heteroatoms. The van der Waals surface area contributed by atoms with E-state index in [0.717, 1.165) is 22.9 Å². The van der Waals surface area contributed by atoms with Gasteiger partial charge in [0.05, 0.1) is 12.6 Å². The zero-order valence-corrected chi connectivity index (χ0v) is 7.73. The smallest absolute Gasteiger partial charge is 0.151 e. The Morgan fingerprint density at radius 1 is 1.36 bits per heavy atom. The number of aromatic nitrogens is 1. The minimum atomic E-state index is 0.575. The summed E-state index contributed by atoms with van der Waals surface area (Å²) in [5.74, 6) is 0.766. The molecule has 0 radical (unpaired) electrons. The van der Waals surface area contributed by atoms with Crippen molar-refractivity contribution in [2.45, 2.75) is 0 Å². The molecule has 0 saturated carbocycles. The maximum absolute atomic E-state index is 10.5. The van der Waals surface area contributed by atoms with Crippen molar-refractivity contribution >= 4 is 17.2 Å². The molecule has 1 heterocycles. The number of ether oxygens (including phenoxy) is 1. The van der Waals surface area contributed by atoms with Gasteiger partial charge in [0, 0.05) is 17.1 Å². The number of benzene rings is 1. The van der Waals surface area contributed by atoms with Crippen LogP contribution in [0.25, 0.3) is 10.9 Å². The molecule has 0 bridgehead atoms. The van der Waals surface area contributed by atoms with Gasteiger partial charge in [-0.25, -0.2) is 0 Å². The highest BCUT2D eigenvalue weighted by molar-refractivity contribution is 5.86. The van der Waals surface area contributed by atoms with Gasteiger partial charge in [-0.15, -0.1) is 0 Å². The summed E-state index contributed by atoms with van der Waals surface area (Å²) in [6.07, 6.45) is 2.34. The second kappa shape index (κ2) is 3.46. The number of carbonyl (C=O) groups excluding carboxylic acids is 1. The van der Waals surface area contributed by atoms with E-state index in [1.807, 2.05) is 18.2 Å². The Labute approximate surface area is 81.3 Å². The number of carbonyl (C=O) groups is 1. The summed E-state index contributed by atoms with van der Waals surface area (Å²) < 4.78 is 5.08. The van der Waals surface area contributed by atoms with Gasteiger partial charge in [0.1, 0.15) is 5.75 Å². The van der Waals surface area contributed by atoms with Crippen LogP contribution in [0.4, 0.5) is 0 Å². The van der Waals surface area contributed by atoms with Crippen LogP contribution in [0.5, 0.6) is 5.75 Å². The summed E-state index contributed by atoms with van der Waals surface area (Å²) in [6, 6.07) is 7.35. The Balaban J connectivity index is 2.65. The van der Waals surface area contributed by atoms with Gasteiger partial charge in [-0.3, -0.25) is 9.78 Å². The largest absolute Gasteiger partial charge is 0.497 e. The van der Waals surface area contributed by atoms with Gasteiger partial charge in [-0.1, -0.05) is 0 Å². The Kier molecular flexibility index (Phi) is 2.14. The lowest BCUT2D eigenvalue weighted by Gasteiger charge is -2.01. The van der Waals surface area contributed by atoms with E-state index >= 15 is 0 Å². The van der Waals surface area contributed by atoms with E-state index in [9.17, 15) is 4.79 Å². The lowest BCUT2D eigenvalue weighted by Crippen LogP contribution is -1.86. The van der Waals surface area contributed by atoms with Gasteiger partial charge >= 0.3 is 0 Å². The fourth-order valence-corrected chi connectivity index (χ4v) is 1.32. The van der Waals surface area contributed by atoms with Crippen LogP contribution in [-0.4, -0.2) is 18.4 Å². The van der Waals surface area contributed by atoms with Gasteiger partial charge in [-0.2, -0.15) is 0 Å². The molecule has 70 valence electrons. The molecule has 0 unspecified atom stereocenters. The predicted octanol–water partition coefficient (Wildman–Crippen LogP) is 2.06. The summed E-state index contributed by atoms with van der Waals surface area (Å²) in [7, 11) is 1.61. The lowest BCUT2D eigenvalue weighted by molar-refractivity contribution is 0.112. The molecule has 0 aliphatic carbocycles. The summed E-state index contributed by atoms with van der Waals surface area (Å²) in [6.45, 7) is 0. The lowest BCUT2D eigenvalue weighted by atomic mass is 10.1. The molecule has 0 saturated heterocycles. The molecular weight excluding hydrogens is 178 g/mol. The third-order valence-corrected chi connectivity index (χ3v) is 2.05. The summed E-state index contributed by atoms with van der Waals surface area (Å²) in [4.78, 5) is 14.7. The summed E-state index contributed by atoms with van der Waals surface area (Å²) in [5, 5.41) is 0.911. The topological polar surface area (TPSA) is 39.2 Å². The number of aldehydes is 1. The molecule has 0 spiro atoms. The van der Waals surface area contributed by atoms with E-state index < -0.39 is 0 Å². The second-order valence-corrected chi connectivity index (χ2v) is 2.95. The number of nitrogens with zero attached hydrogens (tertiary/aromatic N) is 1. The standard InChI is InChI=1S/C11H9NO2/c1-14-10-2-3-11-9(5-10)4-8(7-13)6-12-11/h2-7H,1H3. The van der Waals surface area contributed by atoms with E-state index in [1.54, 1.807) is 19.4 Å². The molecule has 2 aromatic rings. The minimum absolute atomic E-state index is 0.575. The van der Waals surface area contributed by atoms with Gasteiger partial charge in [0.15, 0.2) is 6.29 Å². The van der Waals surface area contributed by atoms with Crippen LogP contribution in [0.15, 0.2) is 30.5 Å². The third kappa shape index (κ3) is 1.44. The van der Waals surface area contributed by atoms with E-state index in [0.29, 0.717) is 5.56 Å². The monoisotopic (exact) mass is 187 g/mol. The Hall–Kier alpha value is -1.90. The first-order chi connectivity index (χ1) is 6.83. The van der Waals surface area contributed by atoms with Crippen LogP contribution < -0.4 is 4.74 Å². The number of hydrogen-bond donors (Lipinski definition) is 0. The number of pyridine rings is 1. The van der Waals surface area contributed by atoms with Crippen molar-refractivity contribution in [2.24, 2.45) is 0 Å². The first-order valence-electron chi connectivity index (χ1n) is 4.22. The molecular formula is C11H9NO2. The molecule has 1 aromatic heterocycles. The average Bonchev–Trinajstić information content (AvgIpc) is 2.27. The van der Waals surface area contributed by atoms with Gasteiger partial charge in [0.2, 0.25) is 0 Å². The van der Waals surface area contributed by atoms with Crippen LogP contribution in [0.1, 0.15) is 10.4 Å². The van der Waals surface area contributed by atoms with Crippen LogP contribution in [0.3, 0.4) is 0 Å². The number of fused-ring (bicyclic) bond motifs is 1. The zero-order valence-electron chi connectivity index (χ0n) is 7.73. The SMILES string of the molecule is COc1ccc2ncc(C=O)cc2c1. The molecule has 0 N–H and O–H groups in total. The van der Waals surface area contributed by atoms with Crippen LogP contribution in [-0.2, 0) is 0 Å². The molecule has 1 aromatic carbocycles. The van der Waals surface area contributed by atoms with Crippen molar-refractivity contribution in [2.75, 3.05) is 7.11 Å². The van der Waals surface area contributed by atoms with Crippen molar-refractivity contribution in [3.8, 4) is 5.75 Å². The van der Waals surface area contributed by atoms with E-state index in [1.165, 1.54) is 0 Å². The van der Waals surface area contributed by atoms with Crippen molar-refractivity contribution in [3.63, 3.8) is 0 Å². The van der Waals surface area contributed by atoms with Crippen molar-refractivity contribution in [3.05, 3.63) is 36.0 Å². The number of hydrogen-bond acceptors (Lipinski definition) is 3. The quantitative estimate of drug-likeness (QED) is 0.675. The molecule has 0 atom stereocenters. The Morgan fingerprint density at radius 3 is 2.93 bits per heavy atom. The molecule has 2 rings (SSSR count). The molecule has 0 aliphatic heterocycles.